The van der Waals surface area contributed by atoms with Crippen LogP contribution in [0.1, 0.15) is 23.2 Å². The van der Waals surface area contributed by atoms with Gasteiger partial charge in [0.05, 0.1) is 10.6 Å². The van der Waals surface area contributed by atoms with Gasteiger partial charge in [-0.2, -0.15) is 0 Å². The van der Waals surface area contributed by atoms with Crippen molar-refractivity contribution < 1.29 is 9.72 Å². The van der Waals surface area contributed by atoms with E-state index < -0.39 is 10.8 Å². The number of nitrogen functional groups attached to an aromatic ring is 1. The number of nitrogens with zero attached hydrogens (tertiary/aromatic N) is 3. The molecule has 25 heavy (non-hydrogen) atoms. The van der Waals surface area contributed by atoms with Crippen LogP contribution in [0, 0.1) is 10.1 Å². The summed E-state index contributed by atoms with van der Waals surface area (Å²) < 4.78 is 0. The standard InChI is InChI=1S/C17H19N5O3/c18-13-6-3-7-14(22(24)25)16(13)17(23)20-12-5-4-10-21(11-12)15-8-1-2-9-19-15/h1-3,6-9,12H,4-5,10-11,18H2,(H,20,23)/t12-/m0/s1. The van der Waals surface area contributed by atoms with Gasteiger partial charge in [-0.1, -0.05) is 12.1 Å². The lowest BCUT2D eigenvalue weighted by atomic mass is 10.0. The lowest BCUT2D eigenvalue weighted by Crippen LogP contribution is -2.48. The number of rotatable bonds is 4. The van der Waals surface area contributed by atoms with Crippen molar-refractivity contribution >= 4 is 23.1 Å². The van der Waals surface area contributed by atoms with E-state index in [1.165, 1.54) is 18.2 Å². The van der Waals surface area contributed by atoms with E-state index in [-0.39, 0.29) is 23.0 Å². The largest absolute Gasteiger partial charge is 0.398 e. The summed E-state index contributed by atoms with van der Waals surface area (Å²) in [6.07, 6.45) is 3.43. The Kier molecular flexibility index (Phi) is 4.78. The number of hydrogen-bond donors (Lipinski definition) is 2. The van der Waals surface area contributed by atoms with E-state index in [1.54, 1.807) is 6.20 Å². The maximum atomic E-state index is 12.6. The Bertz CT molecular complexity index is 781. The van der Waals surface area contributed by atoms with Gasteiger partial charge in [-0.3, -0.25) is 14.9 Å². The highest BCUT2D eigenvalue weighted by Gasteiger charge is 2.27. The van der Waals surface area contributed by atoms with Gasteiger partial charge in [-0.15, -0.1) is 0 Å². The van der Waals surface area contributed by atoms with Crippen LogP contribution in [-0.4, -0.2) is 34.9 Å². The fourth-order valence-corrected chi connectivity index (χ4v) is 3.06. The fraction of sp³-hybridized carbons (Fsp3) is 0.294. The van der Waals surface area contributed by atoms with Gasteiger partial charge in [0.1, 0.15) is 11.4 Å². The Morgan fingerprint density at radius 2 is 2.16 bits per heavy atom. The maximum Gasteiger partial charge on any atom is 0.284 e. The van der Waals surface area contributed by atoms with Crippen LogP contribution in [0.2, 0.25) is 0 Å². The van der Waals surface area contributed by atoms with Gasteiger partial charge in [0.25, 0.3) is 11.6 Å². The molecule has 1 aliphatic heterocycles. The summed E-state index contributed by atoms with van der Waals surface area (Å²) >= 11 is 0. The highest BCUT2D eigenvalue weighted by molar-refractivity contribution is 6.03. The average molecular weight is 341 g/mol. The molecule has 3 rings (SSSR count). The molecule has 1 saturated heterocycles. The number of benzene rings is 1. The van der Waals surface area contributed by atoms with Crippen LogP contribution in [0.3, 0.4) is 0 Å². The number of aromatic nitrogens is 1. The molecule has 0 unspecified atom stereocenters. The summed E-state index contributed by atoms with van der Waals surface area (Å²) in [5.74, 6) is 0.337. The van der Waals surface area contributed by atoms with Gasteiger partial charge < -0.3 is 16.0 Å². The quantitative estimate of drug-likeness (QED) is 0.499. The predicted octanol–water partition coefficient (Wildman–Crippen LogP) is 1.97. The summed E-state index contributed by atoms with van der Waals surface area (Å²) in [7, 11) is 0. The van der Waals surface area contributed by atoms with Crippen LogP contribution in [0.5, 0.6) is 0 Å². The summed E-state index contributed by atoms with van der Waals surface area (Å²) in [5.41, 5.74) is 5.54. The van der Waals surface area contributed by atoms with E-state index in [4.69, 9.17) is 5.73 Å². The molecule has 0 saturated carbocycles. The molecular weight excluding hydrogens is 322 g/mol. The van der Waals surface area contributed by atoms with Crippen molar-refractivity contribution in [1.82, 2.24) is 10.3 Å². The smallest absolute Gasteiger partial charge is 0.284 e. The zero-order valence-electron chi connectivity index (χ0n) is 13.6. The second kappa shape index (κ2) is 7.16. The Hall–Kier alpha value is -3.16. The van der Waals surface area contributed by atoms with Crippen LogP contribution in [-0.2, 0) is 0 Å². The van der Waals surface area contributed by atoms with Gasteiger partial charge in [-0.25, -0.2) is 4.98 Å². The third kappa shape index (κ3) is 3.68. The van der Waals surface area contributed by atoms with Gasteiger partial charge in [0.15, 0.2) is 0 Å². The number of anilines is 2. The van der Waals surface area contributed by atoms with Gasteiger partial charge in [-0.05, 0) is 31.0 Å². The molecule has 8 nitrogen and oxygen atoms in total. The molecule has 3 N–H and O–H groups in total. The minimum atomic E-state index is -0.591. The van der Waals surface area contributed by atoms with Gasteiger partial charge in [0.2, 0.25) is 0 Å². The molecule has 2 heterocycles. The summed E-state index contributed by atoms with van der Waals surface area (Å²) in [6, 6.07) is 9.80. The topological polar surface area (TPSA) is 114 Å². The second-order valence-electron chi connectivity index (χ2n) is 5.95. The minimum absolute atomic E-state index is 0.0811. The van der Waals surface area contributed by atoms with E-state index in [2.05, 4.69) is 15.2 Å². The van der Waals surface area contributed by atoms with Crippen LogP contribution >= 0.6 is 0 Å². The predicted molar refractivity (Wildman–Crippen MR) is 94.4 cm³/mol. The first-order valence-electron chi connectivity index (χ1n) is 8.06. The number of pyridine rings is 1. The normalized spacial score (nSPS) is 17.1. The molecule has 0 spiro atoms. The number of hydrogen-bond acceptors (Lipinski definition) is 6. The monoisotopic (exact) mass is 341 g/mol. The SMILES string of the molecule is Nc1cccc([N+](=O)[O-])c1C(=O)N[C@H]1CCCN(c2ccccn2)C1. The van der Waals surface area contributed by atoms with E-state index >= 15 is 0 Å². The Balaban J connectivity index is 1.74. The molecule has 1 amide bonds. The van der Waals surface area contributed by atoms with E-state index in [0.717, 1.165) is 25.2 Å². The Morgan fingerprint density at radius 1 is 1.32 bits per heavy atom. The summed E-state index contributed by atoms with van der Waals surface area (Å²) in [5, 5.41) is 14.0. The first-order chi connectivity index (χ1) is 12.1. The highest BCUT2D eigenvalue weighted by atomic mass is 16.6. The minimum Gasteiger partial charge on any atom is -0.398 e. The van der Waals surface area contributed by atoms with Crippen LogP contribution in [0.4, 0.5) is 17.2 Å². The Morgan fingerprint density at radius 3 is 2.88 bits per heavy atom. The molecule has 0 aliphatic carbocycles. The van der Waals surface area contributed by atoms with Crippen molar-refractivity contribution in [2.24, 2.45) is 0 Å². The molecule has 1 fully saturated rings. The van der Waals surface area contributed by atoms with Crippen molar-refractivity contribution in [3.05, 3.63) is 58.3 Å². The third-order valence-electron chi connectivity index (χ3n) is 4.23. The first kappa shape index (κ1) is 16.7. The number of amides is 1. The lowest BCUT2D eigenvalue weighted by molar-refractivity contribution is -0.385. The van der Waals surface area contributed by atoms with E-state index in [0.29, 0.717) is 6.54 Å². The summed E-state index contributed by atoms with van der Waals surface area (Å²) in [4.78, 5) is 29.6. The molecule has 1 aromatic heterocycles. The highest BCUT2D eigenvalue weighted by Crippen LogP contribution is 2.25. The number of nitrogens with two attached hydrogens (primary N) is 1. The van der Waals surface area contributed by atoms with E-state index in [9.17, 15) is 14.9 Å². The van der Waals surface area contributed by atoms with Gasteiger partial charge in [0, 0.05) is 31.4 Å². The van der Waals surface area contributed by atoms with Crippen molar-refractivity contribution in [2.45, 2.75) is 18.9 Å². The molecule has 2 aromatic rings. The second-order valence-corrected chi connectivity index (χ2v) is 5.95. The Labute approximate surface area is 144 Å². The maximum absolute atomic E-state index is 12.6. The average Bonchev–Trinajstić information content (AvgIpc) is 2.62. The van der Waals surface area contributed by atoms with Crippen LogP contribution < -0.4 is 16.0 Å². The fourth-order valence-electron chi connectivity index (χ4n) is 3.06. The first-order valence-corrected chi connectivity index (χ1v) is 8.06. The van der Waals surface area contributed by atoms with E-state index in [1.807, 2.05) is 18.2 Å². The van der Waals surface area contributed by atoms with Crippen LogP contribution in [0.15, 0.2) is 42.6 Å². The zero-order chi connectivity index (χ0) is 17.8. The summed E-state index contributed by atoms with van der Waals surface area (Å²) in [6.45, 7) is 1.46. The van der Waals surface area contributed by atoms with Gasteiger partial charge >= 0.3 is 0 Å². The number of nitro benzene ring substituents is 1. The zero-order valence-corrected chi connectivity index (χ0v) is 13.6. The molecule has 0 bridgehead atoms. The number of carbonyl (C=O) groups is 1. The van der Waals surface area contributed by atoms with Crippen LogP contribution in [0.25, 0.3) is 0 Å². The third-order valence-corrected chi connectivity index (χ3v) is 4.23. The molecule has 1 atom stereocenters. The van der Waals surface area contributed by atoms with Crippen molar-refractivity contribution in [1.29, 1.82) is 0 Å². The van der Waals surface area contributed by atoms with Crippen molar-refractivity contribution in [3.63, 3.8) is 0 Å². The van der Waals surface area contributed by atoms with Crippen molar-refractivity contribution in [3.8, 4) is 0 Å². The number of nitrogens with one attached hydrogen (secondary N) is 1. The lowest BCUT2D eigenvalue weighted by Gasteiger charge is -2.34. The molecule has 0 radical (unpaired) electrons. The number of nitro groups is 1. The molecule has 130 valence electrons. The molecule has 1 aliphatic rings. The van der Waals surface area contributed by atoms with Crippen molar-refractivity contribution in [2.75, 3.05) is 23.7 Å². The number of piperidine rings is 1. The number of carbonyl (C=O) groups excluding carboxylic acids is 1. The molecule has 8 heteroatoms. The molecule has 1 aromatic carbocycles. The molecular formula is C17H19N5O3.